The summed E-state index contributed by atoms with van der Waals surface area (Å²) < 4.78 is 40.3. The van der Waals surface area contributed by atoms with Crippen molar-refractivity contribution >= 4 is 16.8 Å². The maximum Gasteiger partial charge on any atom is 0.416 e. The Morgan fingerprint density at radius 1 is 0.966 bits per heavy atom. The van der Waals surface area contributed by atoms with Crippen LogP contribution in [0.5, 0.6) is 0 Å². The molecule has 0 aliphatic carbocycles. The molecule has 29 heavy (non-hydrogen) atoms. The second-order valence-corrected chi connectivity index (χ2v) is 6.51. The molecule has 0 bridgehead atoms. The van der Waals surface area contributed by atoms with Crippen LogP contribution in [0.1, 0.15) is 21.5 Å². The van der Waals surface area contributed by atoms with Crippen LogP contribution in [-0.2, 0) is 12.7 Å². The van der Waals surface area contributed by atoms with Crippen LogP contribution in [0, 0.1) is 0 Å². The van der Waals surface area contributed by atoms with Crippen molar-refractivity contribution in [2.45, 2.75) is 12.7 Å². The van der Waals surface area contributed by atoms with E-state index in [1.807, 2.05) is 36.4 Å². The minimum Gasteiger partial charge on any atom is -0.348 e. The zero-order valence-corrected chi connectivity index (χ0v) is 15.1. The Balaban J connectivity index is 1.58. The third kappa shape index (κ3) is 3.85. The summed E-state index contributed by atoms with van der Waals surface area (Å²) in [6.45, 7) is -0.00797. The lowest BCUT2D eigenvalue weighted by molar-refractivity contribution is -0.137. The number of halogens is 3. The van der Waals surface area contributed by atoms with Crippen molar-refractivity contribution in [3.05, 3.63) is 95.7 Å². The molecule has 1 N–H and O–H groups in total. The molecule has 0 saturated heterocycles. The molecule has 0 unspecified atom stereocenters. The molecule has 4 nitrogen and oxygen atoms in total. The SMILES string of the molecule is O=C(NCc1cccc(C(F)(F)F)c1)c1cccc2c1cnn2-c1ccccc1. The summed E-state index contributed by atoms with van der Waals surface area (Å²) in [5.74, 6) is -0.374. The highest BCUT2D eigenvalue weighted by atomic mass is 19.4. The van der Waals surface area contributed by atoms with E-state index in [1.54, 1.807) is 29.1 Å². The number of hydrogen-bond donors (Lipinski definition) is 1. The first-order chi connectivity index (χ1) is 13.9. The summed E-state index contributed by atoms with van der Waals surface area (Å²) in [5, 5.41) is 7.73. The second kappa shape index (κ2) is 7.43. The van der Waals surface area contributed by atoms with Gasteiger partial charge in [-0.05, 0) is 42.0 Å². The quantitative estimate of drug-likeness (QED) is 0.530. The molecular weight excluding hydrogens is 379 g/mol. The highest BCUT2D eigenvalue weighted by Gasteiger charge is 2.30. The van der Waals surface area contributed by atoms with Gasteiger partial charge in [-0.3, -0.25) is 4.79 Å². The summed E-state index contributed by atoms with van der Waals surface area (Å²) in [7, 11) is 0. The number of aromatic nitrogens is 2. The fourth-order valence-electron chi connectivity index (χ4n) is 3.16. The van der Waals surface area contributed by atoms with Gasteiger partial charge in [0, 0.05) is 11.9 Å². The smallest absolute Gasteiger partial charge is 0.348 e. The number of nitrogens with one attached hydrogen (secondary N) is 1. The average molecular weight is 395 g/mol. The van der Waals surface area contributed by atoms with Crippen molar-refractivity contribution in [2.75, 3.05) is 0 Å². The molecule has 0 saturated carbocycles. The van der Waals surface area contributed by atoms with E-state index in [4.69, 9.17) is 0 Å². The van der Waals surface area contributed by atoms with Gasteiger partial charge in [-0.25, -0.2) is 4.68 Å². The average Bonchev–Trinajstić information content (AvgIpc) is 3.16. The number of hydrogen-bond acceptors (Lipinski definition) is 2. The summed E-state index contributed by atoms with van der Waals surface area (Å²) in [6.07, 6.45) is -2.81. The third-order valence-electron chi connectivity index (χ3n) is 4.57. The number of nitrogens with zero attached hydrogens (tertiary/aromatic N) is 2. The van der Waals surface area contributed by atoms with Crippen LogP contribution in [0.4, 0.5) is 13.2 Å². The van der Waals surface area contributed by atoms with E-state index in [0.29, 0.717) is 16.5 Å². The topological polar surface area (TPSA) is 46.9 Å². The van der Waals surface area contributed by atoms with Gasteiger partial charge >= 0.3 is 6.18 Å². The van der Waals surface area contributed by atoms with E-state index in [2.05, 4.69) is 10.4 Å². The lowest BCUT2D eigenvalue weighted by atomic mass is 10.1. The molecule has 0 aliphatic heterocycles. The third-order valence-corrected chi connectivity index (χ3v) is 4.57. The number of benzene rings is 3. The predicted octanol–water partition coefficient (Wildman–Crippen LogP) is 4.97. The van der Waals surface area contributed by atoms with E-state index in [1.165, 1.54) is 6.07 Å². The molecule has 0 aliphatic rings. The zero-order chi connectivity index (χ0) is 20.4. The van der Waals surface area contributed by atoms with Crippen molar-refractivity contribution in [3.63, 3.8) is 0 Å². The van der Waals surface area contributed by atoms with Crippen LogP contribution in [-0.4, -0.2) is 15.7 Å². The largest absolute Gasteiger partial charge is 0.416 e. The first kappa shape index (κ1) is 18.7. The molecule has 4 aromatic rings. The number of carbonyl (C=O) groups excluding carboxylic acids is 1. The molecule has 7 heteroatoms. The summed E-state index contributed by atoms with van der Waals surface area (Å²) in [6, 6.07) is 19.7. The minimum absolute atomic E-state index is 0.00797. The first-order valence-electron chi connectivity index (χ1n) is 8.90. The van der Waals surface area contributed by atoms with Crippen molar-refractivity contribution in [1.82, 2.24) is 15.1 Å². The Morgan fingerprint density at radius 3 is 2.48 bits per heavy atom. The predicted molar refractivity (Wildman–Crippen MR) is 104 cm³/mol. The van der Waals surface area contributed by atoms with Gasteiger partial charge < -0.3 is 5.32 Å². The number of alkyl halides is 3. The normalized spacial score (nSPS) is 11.6. The fourth-order valence-corrected chi connectivity index (χ4v) is 3.16. The molecule has 3 aromatic carbocycles. The van der Waals surface area contributed by atoms with Crippen molar-refractivity contribution in [3.8, 4) is 5.69 Å². The Kier molecular flexibility index (Phi) is 4.80. The van der Waals surface area contributed by atoms with E-state index < -0.39 is 11.7 Å². The molecule has 1 aromatic heterocycles. The summed E-state index contributed by atoms with van der Waals surface area (Å²) >= 11 is 0. The number of amides is 1. The maximum atomic E-state index is 12.9. The van der Waals surface area contributed by atoms with E-state index in [0.717, 1.165) is 23.3 Å². The van der Waals surface area contributed by atoms with Crippen LogP contribution in [0.3, 0.4) is 0 Å². The molecule has 1 amide bonds. The molecule has 4 rings (SSSR count). The van der Waals surface area contributed by atoms with Crippen molar-refractivity contribution in [1.29, 1.82) is 0 Å². The summed E-state index contributed by atoms with van der Waals surface area (Å²) in [4.78, 5) is 12.7. The molecule has 0 radical (unpaired) electrons. The van der Waals surface area contributed by atoms with Gasteiger partial charge in [-0.1, -0.05) is 36.4 Å². The zero-order valence-electron chi connectivity index (χ0n) is 15.1. The molecular formula is C22H16F3N3O. The highest BCUT2D eigenvalue weighted by molar-refractivity contribution is 6.06. The maximum absolute atomic E-state index is 12.9. The monoisotopic (exact) mass is 395 g/mol. The van der Waals surface area contributed by atoms with Crippen LogP contribution < -0.4 is 5.32 Å². The van der Waals surface area contributed by atoms with Gasteiger partial charge in [0.25, 0.3) is 5.91 Å². The van der Waals surface area contributed by atoms with Gasteiger partial charge in [0.15, 0.2) is 0 Å². The van der Waals surface area contributed by atoms with E-state index in [9.17, 15) is 18.0 Å². The molecule has 0 spiro atoms. The van der Waals surface area contributed by atoms with Gasteiger partial charge in [-0.2, -0.15) is 18.3 Å². The Labute approximate surface area is 164 Å². The number of rotatable bonds is 4. The Hall–Kier alpha value is -3.61. The lowest BCUT2D eigenvalue weighted by Crippen LogP contribution is -2.23. The molecule has 0 atom stereocenters. The fraction of sp³-hybridized carbons (Fsp3) is 0.0909. The number of carbonyl (C=O) groups is 1. The Morgan fingerprint density at radius 2 is 1.72 bits per heavy atom. The van der Waals surface area contributed by atoms with Gasteiger partial charge in [0.1, 0.15) is 0 Å². The minimum atomic E-state index is -4.42. The summed E-state index contributed by atoms with van der Waals surface area (Å²) in [5.41, 5.74) is 1.68. The molecule has 1 heterocycles. The second-order valence-electron chi connectivity index (χ2n) is 6.51. The van der Waals surface area contributed by atoms with Crippen LogP contribution in [0.2, 0.25) is 0 Å². The van der Waals surface area contributed by atoms with E-state index >= 15 is 0 Å². The van der Waals surface area contributed by atoms with Crippen molar-refractivity contribution in [2.24, 2.45) is 0 Å². The van der Waals surface area contributed by atoms with Gasteiger partial charge in [0.05, 0.1) is 28.5 Å². The van der Waals surface area contributed by atoms with Gasteiger partial charge in [-0.15, -0.1) is 0 Å². The number of para-hydroxylation sites is 1. The highest BCUT2D eigenvalue weighted by Crippen LogP contribution is 2.29. The van der Waals surface area contributed by atoms with Crippen LogP contribution in [0.15, 0.2) is 79.0 Å². The van der Waals surface area contributed by atoms with Crippen molar-refractivity contribution < 1.29 is 18.0 Å². The molecule has 0 fully saturated rings. The van der Waals surface area contributed by atoms with Gasteiger partial charge in [0.2, 0.25) is 0 Å². The lowest BCUT2D eigenvalue weighted by Gasteiger charge is -2.10. The standard InChI is InChI=1S/C22H16F3N3O/c23-22(24,25)16-7-4-6-15(12-16)13-26-21(29)18-10-5-11-20-19(18)14-27-28(20)17-8-2-1-3-9-17/h1-12,14H,13H2,(H,26,29). The van der Waals surface area contributed by atoms with E-state index in [-0.39, 0.29) is 12.5 Å². The van der Waals surface area contributed by atoms with Crippen LogP contribution in [0.25, 0.3) is 16.6 Å². The van der Waals surface area contributed by atoms with Crippen LogP contribution >= 0.6 is 0 Å². The Bertz CT molecular complexity index is 1170. The number of fused-ring (bicyclic) bond motifs is 1. The molecule has 146 valence electrons. The first-order valence-corrected chi connectivity index (χ1v) is 8.90.